The number of carbonyl (C=O) groups excluding carboxylic acids is 1. The highest BCUT2D eigenvalue weighted by Crippen LogP contribution is 2.24. The van der Waals surface area contributed by atoms with Crippen molar-refractivity contribution in [2.75, 3.05) is 37.6 Å². The molecular formula is C21H30N6O2. The van der Waals surface area contributed by atoms with Gasteiger partial charge in [-0.15, -0.1) is 0 Å². The van der Waals surface area contributed by atoms with E-state index in [-0.39, 0.29) is 11.9 Å². The van der Waals surface area contributed by atoms with Crippen LogP contribution in [0.2, 0.25) is 0 Å². The average molecular weight is 399 g/mol. The second kappa shape index (κ2) is 8.51. The summed E-state index contributed by atoms with van der Waals surface area (Å²) in [5.41, 5.74) is 0.553. The van der Waals surface area contributed by atoms with Crippen molar-refractivity contribution in [2.24, 2.45) is 0 Å². The Balaban J connectivity index is 1.33. The van der Waals surface area contributed by atoms with Crippen LogP contribution in [0.15, 0.2) is 30.6 Å². The quantitative estimate of drug-likeness (QED) is 0.681. The standard InChI is InChI=1S/C21H30N6O2/c1-2-11-26-13-7-21(29,8-14-26)19(28)24-16-6-12-27(15-16)20-23-10-5-18(25-20)17-4-3-9-22-17/h3-5,9-10,16,22,29H,2,6-8,11-15H2,1H3,(H,24,28). The van der Waals surface area contributed by atoms with Crippen molar-refractivity contribution in [1.82, 2.24) is 25.2 Å². The van der Waals surface area contributed by atoms with E-state index in [0.717, 1.165) is 50.4 Å². The fourth-order valence-electron chi connectivity index (χ4n) is 4.21. The molecule has 0 saturated carbocycles. The van der Waals surface area contributed by atoms with Crippen LogP contribution in [0.1, 0.15) is 32.6 Å². The van der Waals surface area contributed by atoms with Crippen LogP contribution in [0.4, 0.5) is 5.95 Å². The van der Waals surface area contributed by atoms with Crippen molar-refractivity contribution >= 4 is 11.9 Å². The second-order valence-electron chi connectivity index (χ2n) is 8.10. The zero-order valence-electron chi connectivity index (χ0n) is 17.0. The summed E-state index contributed by atoms with van der Waals surface area (Å²) in [6.07, 6.45) is 6.54. The van der Waals surface area contributed by atoms with Gasteiger partial charge in [0.25, 0.3) is 5.91 Å². The van der Waals surface area contributed by atoms with Gasteiger partial charge in [0, 0.05) is 44.6 Å². The minimum Gasteiger partial charge on any atom is -0.380 e. The van der Waals surface area contributed by atoms with Gasteiger partial charge >= 0.3 is 0 Å². The molecule has 0 aromatic carbocycles. The zero-order valence-corrected chi connectivity index (χ0v) is 17.0. The Hall–Kier alpha value is -2.45. The summed E-state index contributed by atoms with van der Waals surface area (Å²) in [5.74, 6) is 0.432. The van der Waals surface area contributed by atoms with Crippen LogP contribution in [0.25, 0.3) is 11.4 Å². The molecule has 0 radical (unpaired) electrons. The summed E-state index contributed by atoms with van der Waals surface area (Å²) in [5, 5.41) is 13.9. The predicted octanol–water partition coefficient (Wildman–Crippen LogP) is 1.40. The van der Waals surface area contributed by atoms with Gasteiger partial charge < -0.3 is 25.2 Å². The number of piperidine rings is 1. The van der Waals surface area contributed by atoms with Crippen LogP contribution in [0.3, 0.4) is 0 Å². The number of hydrogen-bond acceptors (Lipinski definition) is 6. The molecule has 2 aliphatic rings. The lowest BCUT2D eigenvalue weighted by Crippen LogP contribution is -2.56. The predicted molar refractivity (Wildman–Crippen MR) is 111 cm³/mol. The molecule has 2 aromatic rings. The maximum atomic E-state index is 12.8. The first-order chi connectivity index (χ1) is 14.1. The SMILES string of the molecule is CCCN1CCC(O)(C(=O)NC2CCN(c3nccc(-c4ccc[nH]4)n3)C2)CC1. The topological polar surface area (TPSA) is 97.4 Å². The number of rotatable bonds is 6. The third kappa shape index (κ3) is 4.43. The van der Waals surface area contributed by atoms with Crippen LogP contribution < -0.4 is 10.2 Å². The molecule has 0 bridgehead atoms. The molecule has 8 heteroatoms. The molecule has 4 heterocycles. The maximum Gasteiger partial charge on any atom is 0.252 e. The van der Waals surface area contributed by atoms with Crippen molar-refractivity contribution in [3.05, 3.63) is 30.6 Å². The molecule has 2 aromatic heterocycles. The van der Waals surface area contributed by atoms with E-state index in [2.05, 4.69) is 37.0 Å². The van der Waals surface area contributed by atoms with Crippen molar-refractivity contribution in [1.29, 1.82) is 0 Å². The van der Waals surface area contributed by atoms with Gasteiger partial charge in [-0.1, -0.05) is 6.92 Å². The van der Waals surface area contributed by atoms with Crippen LogP contribution in [0.5, 0.6) is 0 Å². The molecule has 8 nitrogen and oxygen atoms in total. The third-order valence-electron chi connectivity index (χ3n) is 5.97. The highest BCUT2D eigenvalue weighted by Gasteiger charge is 2.40. The summed E-state index contributed by atoms with van der Waals surface area (Å²) >= 11 is 0. The second-order valence-corrected chi connectivity index (χ2v) is 8.10. The van der Waals surface area contributed by atoms with Gasteiger partial charge in [-0.25, -0.2) is 9.97 Å². The summed E-state index contributed by atoms with van der Waals surface area (Å²) in [6, 6.07) is 5.80. The van der Waals surface area contributed by atoms with Crippen molar-refractivity contribution in [2.45, 2.75) is 44.2 Å². The fraction of sp³-hybridized carbons (Fsp3) is 0.571. The molecule has 0 aliphatic carbocycles. The highest BCUT2D eigenvalue weighted by molar-refractivity contribution is 5.85. The Labute approximate surface area is 171 Å². The van der Waals surface area contributed by atoms with E-state index in [1.807, 2.05) is 24.4 Å². The van der Waals surface area contributed by atoms with E-state index in [9.17, 15) is 9.90 Å². The number of anilines is 1. The molecule has 0 spiro atoms. The average Bonchev–Trinajstić information content (AvgIpc) is 3.42. The van der Waals surface area contributed by atoms with Crippen LogP contribution in [0, 0.1) is 0 Å². The van der Waals surface area contributed by atoms with E-state index in [4.69, 9.17) is 0 Å². The van der Waals surface area contributed by atoms with E-state index in [1.54, 1.807) is 6.20 Å². The first-order valence-corrected chi connectivity index (χ1v) is 10.5. The molecule has 4 rings (SSSR count). The Kier molecular flexibility index (Phi) is 5.82. The van der Waals surface area contributed by atoms with Gasteiger partial charge in [-0.3, -0.25) is 4.79 Å². The minimum absolute atomic E-state index is 0.00191. The van der Waals surface area contributed by atoms with Crippen LogP contribution in [-0.2, 0) is 4.79 Å². The molecule has 29 heavy (non-hydrogen) atoms. The molecule has 2 fully saturated rings. The fourth-order valence-corrected chi connectivity index (χ4v) is 4.21. The molecule has 1 amide bonds. The Morgan fingerprint density at radius 3 is 2.90 bits per heavy atom. The van der Waals surface area contributed by atoms with E-state index >= 15 is 0 Å². The number of likely N-dealkylation sites (tertiary alicyclic amines) is 1. The zero-order chi connectivity index (χ0) is 20.3. The Bertz CT molecular complexity index is 816. The molecule has 1 atom stereocenters. The number of nitrogens with zero attached hydrogens (tertiary/aromatic N) is 4. The van der Waals surface area contributed by atoms with Gasteiger partial charge in [0.15, 0.2) is 0 Å². The number of aliphatic hydroxyl groups is 1. The first kappa shape index (κ1) is 19.8. The molecular weight excluding hydrogens is 368 g/mol. The van der Waals surface area contributed by atoms with Gasteiger partial charge in [0.05, 0.1) is 11.4 Å². The molecule has 156 valence electrons. The number of aromatic amines is 1. The summed E-state index contributed by atoms with van der Waals surface area (Å²) in [6.45, 7) is 6.15. The lowest BCUT2D eigenvalue weighted by atomic mass is 9.90. The maximum absolute atomic E-state index is 12.8. The van der Waals surface area contributed by atoms with Gasteiger partial charge in [-0.2, -0.15) is 0 Å². The lowest BCUT2D eigenvalue weighted by Gasteiger charge is -2.37. The van der Waals surface area contributed by atoms with Crippen molar-refractivity contribution in [3.8, 4) is 11.4 Å². The van der Waals surface area contributed by atoms with E-state index in [1.165, 1.54) is 0 Å². The molecule has 2 saturated heterocycles. The Morgan fingerprint density at radius 1 is 1.34 bits per heavy atom. The highest BCUT2D eigenvalue weighted by atomic mass is 16.3. The summed E-state index contributed by atoms with van der Waals surface area (Å²) < 4.78 is 0. The van der Waals surface area contributed by atoms with Crippen LogP contribution in [-0.4, -0.2) is 75.2 Å². The summed E-state index contributed by atoms with van der Waals surface area (Å²) in [7, 11) is 0. The smallest absolute Gasteiger partial charge is 0.252 e. The van der Waals surface area contributed by atoms with E-state index < -0.39 is 5.60 Å². The minimum atomic E-state index is -1.25. The number of H-pyrrole nitrogens is 1. The third-order valence-corrected chi connectivity index (χ3v) is 5.97. The monoisotopic (exact) mass is 398 g/mol. The number of amides is 1. The largest absolute Gasteiger partial charge is 0.380 e. The van der Waals surface area contributed by atoms with Crippen LogP contribution >= 0.6 is 0 Å². The van der Waals surface area contributed by atoms with E-state index in [0.29, 0.717) is 25.3 Å². The Morgan fingerprint density at radius 2 is 2.17 bits per heavy atom. The molecule has 2 aliphatic heterocycles. The number of carbonyl (C=O) groups is 1. The van der Waals surface area contributed by atoms with Crippen molar-refractivity contribution < 1.29 is 9.90 Å². The number of hydrogen-bond donors (Lipinski definition) is 3. The molecule has 3 N–H and O–H groups in total. The van der Waals surface area contributed by atoms with Gasteiger partial charge in [0.1, 0.15) is 5.60 Å². The van der Waals surface area contributed by atoms with Gasteiger partial charge in [0.2, 0.25) is 5.95 Å². The van der Waals surface area contributed by atoms with Crippen molar-refractivity contribution in [3.63, 3.8) is 0 Å². The molecule has 1 unspecified atom stereocenters. The number of aromatic nitrogens is 3. The number of nitrogens with one attached hydrogen (secondary N) is 2. The lowest BCUT2D eigenvalue weighted by molar-refractivity contribution is -0.145. The normalized spacial score (nSPS) is 22.0. The first-order valence-electron chi connectivity index (χ1n) is 10.5. The summed E-state index contributed by atoms with van der Waals surface area (Å²) in [4.78, 5) is 29.4. The van der Waals surface area contributed by atoms with Gasteiger partial charge in [-0.05, 0) is 50.4 Å².